The van der Waals surface area contributed by atoms with Gasteiger partial charge in [-0.15, -0.1) is 0 Å². The quantitative estimate of drug-likeness (QED) is 0.901. The first-order valence-electron chi connectivity index (χ1n) is 8.28. The Kier molecular flexibility index (Phi) is 4.95. The Bertz CT molecular complexity index is 570. The van der Waals surface area contributed by atoms with Crippen LogP contribution in [-0.4, -0.2) is 30.1 Å². The molecule has 0 bridgehead atoms. The minimum atomic E-state index is -0.778. The van der Waals surface area contributed by atoms with E-state index in [1.807, 2.05) is 12.1 Å². The fourth-order valence-electron chi connectivity index (χ4n) is 3.62. The zero-order chi connectivity index (χ0) is 16.4. The summed E-state index contributed by atoms with van der Waals surface area (Å²) in [6.45, 7) is 3.11. The maximum atomic E-state index is 11.0. The maximum Gasteiger partial charge on any atom is 0.306 e. The molecule has 2 fully saturated rings. The van der Waals surface area contributed by atoms with E-state index in [0.29, 0.717) is 25.6 Å². The van der Waals surface area contributed by atoms with Gasteiger partial charge >= 0.3 is 5.97 Å². The number of ether oxygens (including phenoxy) is 2. The number of aliphatic carboxylic acids is 1. The van der Waals surface area contributed by atoms with Gasteiger partial charge in [-0.2, -0.15) is 0 Å². The summed E-state index contributed by atoms with van der Waals surface area (Å²) in [7, 11) is 0. The van der Waals surface area contributed by atoms with Crippen molar-refractivity contribution in [3.05, 3.63) is 34.3 Å². The molecule has 5 heteroatoms. The topological polar surface area (TPSA) is 55.8 Å². The molecule has 0 aromatic heterocycles. The molecule has 4 nitrogen and oxygen atoms in total. The first-order chi connectivity index (χ1) is 11.0. The highest BCUT2D eigenvalue weighted by molar-refractivity contribution is 6.31. The van der Waals surface area contributed by atoms with Crippen molar-refractivity contribution in [3.63, 3.8) is 0 Å². The molecule has 0 radical (unpaired) electrons. The minimum absolute atomic E-state index is 0.347. The van der Waals surface area contributed by atoms with Gasteiger partial charge in [-0.1, -0.05) is 30.7 Å². The van der Waals surface area contributed by atoms with Crippen LogP contribution >= 0.6 is 11.6 Å². The maximum absolute atomic E-state index is 11.0. The number of hydrogen-bond donors (Lipinski definition) is 1. The molecule has 1 N–H and O–H groups in total. The molecule has 1 saturated carbocycles. The predicted molar refractivity (Wildman–Crippen MR) is 87.8 cm³/mol. The number of hydrogen-bond acceptors (Lipinski definition) is 3. The van der Waals surface area contributed by atoms with E-state index in [1.54, 1.807) is 6.92 Å². The Balaban J connectivity index is 1.66. The van der Waals surface area contributed by atoms with Crippen LogP contribution in [0.2, 0.25) is 5.02 Å². The van der Waals surface area contributed by atoms with Crippen molar-refractivity contribution in [1.29, 1.82) is 0 Å². The SMILES string of the molecule is CC(Cc1ccc(C2CCC3(CC2)OCCO3)c(Cl)c1)C(=O)O. The standard InChI is InChI=1S/C18H23ClO4/c1-12(17(20)21)10-13-2-3-15(16(19)11-13)14-4-6-18(7-5-14)22-8-9-23-18/h2-3,11-12,14H,4-10H2,1H3,(H,20,21). The summed E-state index contributed by atoms with van der Waals surface area (Å²) in [4.78, 5) is 11.0. The van der Waals surface area contributed by atoms with E-state index >= 15 is 0 Å². The van der Waals surface area contributed by atoms with Gasteiger partial charge in [-0.05, 0) is 42.4 Å². The zero-order valence-electron chi connectivity index (χ0n) is 13.4. The van der Waals surface area contributed by atoms with Crippen molar-refractivity contribution in [2.45, 2.75) is 50.7 Å². The van der Waals surface area contributed by atoms with Crippen molar-refractivity contribution in [2.75, 3.05) is 13.2 Å². The molecule has 1 saturated heterocycles. The molecular formula is C18H23ClO4. The molecule has 1 unspecified atom stereocenters. The summed E-state index contributed by atoms with van der Waals surface area (Å²) >= 11 is 6.47. The zero-order valence-corrected chi connectivity index (χ0v) is 14.1. The van der Waals surface area contributed by atoms with Crippen molar-refractivity contribution in [1.82, 2.24) is 0 Å². The van der Waals surface area contributed by atoms with Gasteiger partial charge in [0.2, 0.25) is 0 Å². The Morgan fingerprint density at radius 1 is 1.35 bits per heavy atom. The fourth-order valence-corrected chi connectivity index (χ4v) is 3.98. The molecule has 3 rings (SSSR count). The van der Waals surface area contributed by atoms with Crippen LogP contribution in [0.1, 0.15) is 49.7 Å². The lowest BCUT2D eigenvalue weighted by atomic mass is 9.80. The summed E-state index contributed by atoms with van der Waals surface area (Å²) in [6, 6.07) is 5.99. The number of benzene rings is 1. The van der Waals surface area contributed by atoms with Gasteiger partial charge in [0.1, 0.15) is 0 Å². The number of rotatable bonds is 4. The number of carboxylic acids is 1. The van der Waals surface area contributed by atoms with Crippen molar-refractivity contribution >= 4 is 17.6 Å². The van der Waals surface area contributed by atoms with Crippen LogP contribution in [0, 0.1) is 5.92 Å². The Labute approximate surface area is 141 Å². The van der Waals surface area contributed by atoms with Crippen LogP contribution in [0.3, 0.4) is 0 Å². The average Bonchev–Trinajstić information content (AvgIpc) is 2.97. The average molecular weight is 339 g/mol. The van der Waals surface area contributed by atoms with Gasteiger partial charge in [-0.3, -0.25) is 4.79 Å². The highest BCUT2D eigenvalue weighted by atomic mass is 35.5. The lowest BCUT2D eigenvalue weighted by Crippen LogP contribution is -2.34. The Morgan fingerprint density at radius 3 is 2.57 bits per heavy atom. The molecule has 23 heavy (non-hydrogen) atoms. The predicted octanol–water partition coefficient (Wildman–Crippen LogP) is 4.00. The molecule has 1 heterocycles. The Hall–Kier alpha value is -1.10. The molecule has 0 amide bonds. The van der Waals surface area contributed by atoms with E-state index in [9.17, 15) is 4.79 Å². The van der Waals surface area contributed by atoms with E-state index in [4.69, 9.17) is 26.2 Å². The largest absolute Gasteiger partial charge is 0.481 e. The number of halogens is 1. The van der Waals surface area contributed by atoms with Crippen molar-refractivity contribution in [2.24, 2.45) is 5.92 Å². The molecule has 1 aromatic carbocycles. The third-order valence-electron chi connectivity index (χ3n) is 5.03. The monoisotopic (exact) mass is 338 g/mol. The summed E-state index contributed by atoms with van der Waals surface area (Å²) in [5.41, 5.74) is 2.13. The fraction of sp³-hybridized carbons (Fsp3) is 0.611. The summed E-state index contributed by atoms with van der Waals surface area (Å²) in [5, 5.41) is 9.76. The van der Waals surface area contributed by atoms with E-state index in [0.717, 1.165) is 41.8 Å². The third kappa shape index (κ3) is 3.70. The van der Waals surface area contributed by atoms with E-state index < -0.39 is 11.9 Å². The molecular weight excluding hydrogens is 316 g/mol. The van der Waals surface area contributed by atoms with E-state index in [-0.39, 0.29) is 5.79 Å². The van der Waals surface area contributed by atoms with Crippen LogP contribution < -0.4 is 0 Å². The first-order valence-corrected chi connectivity index (χ1v) is 8.66. The van der Waals surface area contributed by atoms with Gasteiger partial charge in [-0.25, -0.2) is 0 Å². The normalized spacial score (nSPS) is 22.3. The van der Waals surface area contributed by atoms with Crippen molar-refractivity contribution in [3.8, 4) is 0 Å². The third-order valence-corrected chi connectivity index (χ3v) is 5.36. The van der Waals surface area contributed by atoms with Gasteiger partial charge < -0.3 is 14.6 Å². The van der Waals surface area contributed by atoms with Crippen LogP contribution in [0.25, 0.3) is 0 Å². The molecule has 1 aliphatic heterocycles. The minimum Gasteiger partial charge on any atom is -0.481 e. The second-order valence-electron chi connectivity index (χ2n) is 6.68. The highest BCUT2D eigenvalue weighted by Gasteiger charge is 2.40. The summed E-state index contributed by atoms with van der Waals surface area (Å²) < 4.78 is 11.5. The van der Waals surface area contributed by atoms with Crippen molar-refractivity contribution < 1.29 is 19.4 Å². The first kappa shape index (κ1) is 16.7. The number of carbonyl (C=O) groups is 1. The van der Waals surface area contributed by atoms with Gasteiger partial charge in [0.25, 0.3) is 0 Å². The van der Waals surface area contributed by atoms with Crippen LogP contribution in [-0.2, 0) is 20.7 Å². The second kappa shape index (κ2) is 6.80. The van der Waals surface area contributed by atoms with Gasteiger partial charge in [0, 0.05) is 17.9 Å². The molecule has 2 aliphatic rings. The van der Waals surface area contributed by atoms with Crippen LogP contribution in [0.15, 0.2) is 18.2 Å². The summed E-state index contributed by atoms with van der Waals surface area (Å²) in [5.74, 6) is -1.10. The molecule has 1 atom stereocenters. The van der Waals surface area contributed by atoms with Crippen LogP contribution in [0.5, 0.6) is 0 Å². The number of carboxylic acid groups (broad SMARTS) is 1. The van der Waals surface area contributed by atoms with Gasteiger partial charge in [0.15, 0.2) is 5.79 Å². The lowest BCUT2D eigenvalue weighted by Gasteiger charge is -2.35. The highest BCUT2D eigenvalue weighted by Crippen LogP contribution is 2.44. The van der Waals surface area contributed by atoms with E-state index in [1.165, 1.54) is 0 Å². The van der Waals surface area contributed by atoms with E-state index in [2.05, 4.69) is 6.07 Å². The summed E-state index contributed by atoms with van der Waals surface area (Å²) in [6.07, 6.45) is 4.33. The molecule has 126 valence electrons. The van der Waals surface area contributed by atoms with Gasteiger partial charge in [0.05, 0.1) is 19.1 Å². The second-order valence-corrected chi connectivity index (χ2v) is 7.09. The molecule has 1 aromatic rings. The Morgan fingerprint density at radius 2 is 2.00 bits per heavy atom. The van der Waals surface area contributed by atoms with Crippen LogP contribution in [0.4, 0.5) is 0 Å². The molecule has 1 aliphatic carbocycles. The smallest absolute Gasteiger partial charge is 0.306 e. The molecule has 1 spiro atoms. The lowest BCUT2D eigenvalue weighted by molar-refractivity contribution is -0.178.